The van der Waals surface area contributed by atoms with Crippen molar-refractivity contribution in [3.05, 3.63) is 0 Å². The van der Waals surface area contributed by atoms with Gasteiger partial charge in [-0.05, 0) is 31.6 Å². The van der Waals surface area contributed by atoms with E-state index in [2.05, 4.69) is 20.9 Å². The van der Waals surface area contributed by atoms with E-state index in [1.807, 2.05) is 0 Å². The first-order valence-corrected chi connectivity index (χ1v) is 10.2. The van der Waals surface area contributed by atoms with Gasteiger partial charge in [-0.1, -0.05) is 27.7 Å². The van der Waals surface area contributed by atoms with Crippen molar-refractivity contribution in [1.29, 1.82) is 0 Å². The summed E-state index contributed by atoms with van der Waals surface area (Å²) in [4.78, 5) is 52.8. The molecule has 31 heavy (non-hydrogen) atoms. The lowest BCUT2D eigenvalue weighted by Crippen LogP contribution is -2.58. The fourth-order valence-electron chi connectivity index (χ4n) is 2.62. The van der Waals surface area contributed by atoms with Gasteiger partial charge in [0.15, 0.2) is 5.96 Å². The highest BCUT2D eigenvalue weighted by molar-refractivity contribution is 5.94. The van der Waals surface area contributed by atoms with E-state index < -0.39 is 47.9 Å². The van der Waals surface area contributed by atoms with Crippen molar-refractivity contribution < 1.29 is 24.3 Å². The van der Waals surface area contributed by atoms with Crippen LogP contribution in [0.4, 0.5) is 0 Å². The Labute approximate surface area is 182 Å². The molecule has 0 bridgehead atoms. The molecular weight excluding hydrogens is 406 g/mol. The van der Waals surface area contributed by atoms with Gasteiger partial charge in [-0.2, -0.15) is 0 Å². The van der Waals surface area contributed by atoms with Crippen LogP contribution in [0.2, 0.25) is 0 Å². The van der Waals surface area contributed by atoms with Gasteiger partial charge in [0.2, 0.25) is 17.7 Å². The quantitative estimate of drug-likeness (QED) is 0.0980. The van der Waals surface area contributed by atoms with Gasteiger partial charge in [0.1, 0.15) is 18.1 Å². The van der Waals surface area contributed by atoms with Crippen LogP contribution >= 0.6 is 0 Å². The fourth-order valence-corrected chi connectivity index (χ4v) is 2.62. The molecule has 0 aromatic carbocycles. The van der Waals surface area contributed by atoms with Crippen molar-refractivity contribution in [1.82, 2.24) is 16.0 Å². The standard InChI is InChI=1S/C19H37N7O5/c1-9(2)13(25-15(27)11(5)20)17(29)24-12(7-6-8-23-19(21)22)16(28)26-14(10(3)4)18(30)31/h9-14H,6-8,20H2,1-5H3,(H,24,29)(H,25,27)(H,26,28)(H,30,31)(H4,21,22,23). The van der Waals surface area contributed by atoms with Gasteiger partial charge in [-0.3, -0.25) is 19.4 Å². The summed E-state index contributed by atoms with van der Waals surface area (Å²) in [5, 5.41) is 17.0. The number of carboxylic acid groups (broad SMARTS) is 1. The Morgan fingerprint density at radius 1 is 0.839 bits per heavy atom. The number of nitrogens with two attached hydrogens (primary N) is 3. The van der Waals surface area contributed by atoms with Crippen LogP contribution in [0, 0.1) is 11.8 Å². The minimum absolute atomic E-state index is 0.103. The molecule has 0 heterocycles. The number of hydrogen-bond donors (Lipinski definition) is 7. The third-order valence-electron chi connectivity index (χ3n) is 4.47. The first kappa shape index (κ1) is 28.1. The van der Waals surface area contributed by atoms with Crippen LogP contribution in [-0.4, -0.2) is 65.5 Å². The highest BCUT2D eigenvalue weighted by Crippen LogP contribution is 2.08. The second-order valence-electron chi connectivity index (χ2n) is 8.10. The Morgan fingerprint density at radius 3 is 1.77 bits per heavy atom. The largest absolute Gasteiger partial charge is 0.480 e. The molecule has 0 aliphatic rings. The number of carbonyl (C=O) groups excluding carboxylic acids is 3. The maximum absolute atomic E-state index is 12.8. The molecule has 0 spiro atoms. The monoisotopic (exact) mass is 443 g/mol. The summed E-state index contributed by atoms with van der Waals surface area (Å²) in [6.07, 6.45) is 0.513. The molecule has 0 saturated heterocycles. The maximum Gasteiger partial charge on any atom is 0.326 e. The zero-order chi connectivity index (χ0) is 24.3. The molecule has 12 nitrogen and oxygen atoms in total. The van der Waals surface area contributed by atoms with Crippen LogP contribution in [-0.2, 0) is 19.2 Å². The number of aliphatic carboxylic acids is 1. The van der Waals surface area contributed by atoms with Crippen LogP contribution < -0.4 is 33.2 Å². The van der Waals surface area contributed by atoms with E-state index in [0.717, 1.165) is 0 Å². The van der Waals surface area contributed by atoms with Crippen LogP contribution in [0.25, 0.3) is 0 Å². The predicted molar refractivity (Wildman–Crippen MR) is 117 cm³/mol. The average Bonchev–Trinajstić information content (AvgIpc) is 2.64. The van der Waals surface area contributed by atoms with Gasteiger partial charge in [0.05, 0.1) is 6.04 Å². The lowest BCUT2D eigenvalue weighted by atomic mass is 10.0. The molecule has 0 radical (unpaired) electrons. The first-order valence-electron chi connectivity index (χ1n) is 10.2. The molecule has 3 amide bonds. The number of aliphatic imine (C=N–C) groups is 1. The summed E-state index contributed by atoms with van der Waals surface area (Å²) >= 11 is 0. The second-order valence-corrected chi connectivity index (χ2v) is 8.10. The highest BCUT2D eigenvalue weighted by Gasteiger charge is 2.31. The second kappa shape index (κ2) is 13.4. The number of hydrogen-bond acceptors (Lipinski definition) is 6. The van der Waals surface area contributed by atoms with E-state index in [1.54, 1.807) is 27.7 Å². The molecular formula is C19H37N7O5. The minimum atomic E-state index is -1.18. The third-order valence-corrected chi connectivity index (χ3v) is 4.47. The van der Waals surface area contributed by atoms with E-state index in [-0.39, 0.29) is 30.8 Å². The number of amides is 3. The normalized spacial score (nSPS) is 14.8. The number of nitrogens with zero attached hydrogens (tertiary/aromatic N) is 1. The number of rotatable bonds is 13. The van der Waals surface area contributed by atoms with Crippen molar-refractivity contribution in [3.8, 4) is 0 Å². The molecule has 4 unspecified atom stereocenters. The molecule has 0 rings (SSSR count). The third kappa shape index (κ3) is 10.6. The summed E-state index contributed by atoms with van der Waals surface area (Å²) in [6, 6.07) is -3.90. The van der Waals surface area contributed by atoms with Crippen LogP contribution in [0.5, 0.6) is 0 Å². The number of carbonyl (C=O) groups is 4. The average molecular weight is 444 g/mol. The number of carboxylic acids is 1. The highest BCUT2D eigenvalue weighted by atomic mass is 16.4. The molecule has 0 aliphatic carbocycles. The Hall–Kier alpha value is -2.89. The van der Waals surface area contributed by atoms with E-state index in [9.17, 15) is 24.3 Å². The molecule has 12 heteroatoms. The van der Waals surface area contributed by atoms with Gasteiger partial charge in [0, 0.05) is 6.54 Å². The van der Waals surface area contributed by atoms with Crippen LogP contribution in [0.15, 0.2) is 4.99 Å². The lowest BCUT2D eigenvalue weighted by molar-refractivity contribution is -0.143. The Bertz CT molecular complexity index is 660. The van der Waals surface area contributed by atoms with Gasteiger partial charge >= 0.3 is 5.97 Å². The fraction of sp³-hybridized carbons (Fsp3) is 0.737. The smallest absolute Gasteiger partial charge is 0.326 e. The number of guanidine groups is 1. The molecule has 0 aromatic heterocycles. The van der Waals surface area contributed by atoms with E-state index in [0.29, 0.717) is 6.42 Å². The van der Waals surface area contributed by atoms with Crippen molar-refractivity contribution in [3.63, 3.8) is 0 Å². The minimum Gasteiger partial charge on any atom is -0.480 e. The predicted octanol–water partition coefficient (Wildman–Crippen LogP) is -1.76. The maximum atomic E-state index is 12.8. The zero-order valence-electron chi connectivity index (χ0n) is 18.8. The lowest BCUT2D eigenvalue weighted by Gasteiger charge is -2.27. The summed E-state index contributed by atoms with van der Waals surface area (Å²) in [7, 11) is 0. The first-order chi connectivity index (χ1) is 14.3. The van der Waals surface area contributed by atoms with Gasteiger partial charge in [-0.25, -0.2) is 4.79 Å². The van der Waals surface area contributed by atoms with Crippen molar-refractivity contribution in [2.24, 2.45) is 34.0 Å². The van der Waals surface area contributed by atoms with Crippen molar-refractivity contribution in [2.45, 2.75) is 71.6 Å². The van der Waals surface area contributed by atoms with Crippen molar-refractivity contribution in [2.75, 3.05) is 6.54 Å². The molecule has 10 N–H and O–H groups in total. The van der Waals surface area contributed by atoms with Gasteiger partial charge < -0.3 is 38.3 Å². The molecule has 178 valence electrons. The summed E-state index contributed by atoms with van der Waals surface area (Å²) in [6.45, 7) is 8.50. The molecule has 0 aromatic rings. The van der Waals surface area contributed by atoms with Gasteiger partial charge in [0.25, 0.3) is 0 Å². The van der Waals surface area contributed by atoms with Gasteiger partial charge in [-0.15, -0.1) is 0 Å². The van der Waals surface area contributed by atoms with E-state index >= 15 is 0 Å². The Balaban J connectivity index is 5.47. The zero-order valence-corrected chi connectivity index (χ0v) is 18.8. The van der Waals surface area contributed by atoms with Crippen molar-refractivity contribution >= 4 is 29.7 Å². The Morgan fingerprint density at radius 2 is 1.35 bits per heavy atom. The molecule has 0 aliphatic heterocycles. The molecule has 0 saturated carbocycles. The van der Waals surface area contributed by atoms with Crippen LogP contribution in [0.1, 0.15) is 47.5 Å². The summed E-state index contributed by atoms with van der Waals surface area (Å²) in [5.41, 5.74) is 16.1. The molecule has 4 atom stereocenters. The Kier molecular flexibility index (Phi) is 12.2. The van der Waals surface area contributed by atoms with Crippen LogP contribution in [0.3, 0.4) is 0 Å². The van der Waals surface area contributed by atoms with E-state index in [1.165, 1.54) is 6.92 Å². The van der Waals surface area contributed by atoms with E-state index in [4.69, 9.17) is 17.2 Å². The SMILES string of the molecule is CC(N)C(=O)NC(C(=O)NC(CCCN=C(N)N)C(=O)NC(C(=O)O)C(C)C)C(C)C. The summed E-state index contributed by atoms with van der Waals surface area (Å²) < 4.78 is 0. The molecule has 0 fully saturated rings. The summed E-state index contributed by atoms with van der Waals surface area (Å²) in [5.74, 6) is -3.67. The topological polar surface area (TPSA) is 215 Å². The number of nitrogens with one attached hydrogen (secondary N) is 3.